The first-order chi connectivity index (χ1) is 13.8. The van der Waals surface area contributed by atoms with Crippen molar-refractivity contribution in [2.45, 2.75) is 53.9 Å². The molecular formula is C22H30O6S. The number of furan rings is 2. The van der Waals surface area contributed by atoms with Crippen molar-refractivity contribution in [3.63, 3.8) is 0 Å². The van der Waals surface area contributed by atoms with Gasteiger partial charge in [-0.15, -0.1) is 0 Å². The molecule has 0 bridgehead atoms. The number of carboxylic acids is 1. The molecular weight excluding hydrogens is 392 g/mol. The molecule has 0 spiro atoms. The Morgan fingerprint density at radius 2 is 1.66 bits per heavy atom. The van der Waals surface area contributed by atoms with E-state index >= 15 is 0 Å². The van der Waals surface area contributed by atoms with Crippen LogP contribution in [0, 0.1) is 17.3 Å². The summed E-state index contributed by atoms with van der Waals surface area (Å²) in [5, 5.41) is 7.89. The van der Waals surface area contributed by atoms with Crippen LogP contribution in [-0.2, 0) is 4.79 Å². The van der Waals surface area contributed by atoms with Gasteiger partial charge in [-0.05, 0) is 66.6 Å². The van der Waals surface area contributed by atoms with E-state index in [9.17, 15) is 14.4 Å². The van der Waals surface area contributed by atoms with Gasteiger partial charge >= 0.3 is 5.97 Å². The number of carboxylic acid groups (broad SMARTS) is 1. The molecule has 7 heteroatoms. The van der Waals surface area contributed by atoms with Crippen LogP contribution < -0.4 is 0 Å². The van der Waals surface area contributed by atoms with Crippen molar-refractivity contribution in [3.05, 3.63) is 48.3 Å². The molecule has 6 nitrogen and oxygen atoms in total. The molecule has 1 aliphatic carbocycles. The van der Waals surface area contributed by atoms with Gasteiger partial charge in [-0.25, -0.2) is 4.79 Å². The van der Waals surface area contributed by atoms with Crippen molar-refractivity contribution in [1.29, 1.82) is 0 Å². The Bertz CT molecular complexity index is 765. The van der Waals surface area contributed by atoms with E-state index in [-0.39, 0.29) is 33.1 Å². The second-order valence-corrected chi connectivity index (χ2v) is 7.84. The van der Waals surface area contributed by atoms with E-state index in [2.05, 4.69) is 25.2 Å². The van der Waals surface area contributed by atoms with Crippen LogP contribution in [-0.4, -0.2) is 21.3 Å². The molecule has 29 heavy (non-hydrogen) atoms. The van der Waals surface area contributed by atoms with Gasteiger partial charge in [0.2, 0.25) is 10.9 Å². The lowest BCUT2D eigenvalue weighted by atomic mass is 9.73. The van der Waals surface area contributed by atoms with Crippen molar-refractivity contribution >= 4 is 28.0 Å². The Morgan fingerprint density at radius 3 is 2.07 bits per heavy atom. The summed E-state index contributed by atoms with van der Waals surface area (Å²) in [6.07, 6.45) is 5.70. The highest BCUT2D eigenvalue weighted by molar-refractivity contribution is 8.26. The summed E-state index contributed by atoms with van der Waals surface area (Å²) in [7, 11) is 0. The predicted molar refractivity (Wildman–Crippen MR) is 113 cm³/mol. The Balaban J connectivity index is 0.000000351. The molecule has 3 rings (SSSR count). The molecule has 0 aliphatic heterocycles. The minimum absolute atomic E-state index is 0.00454. The van der Waals surface area contributed by atoms with Crippen LogP contribution in [0.3, 0.4) is 0 Å². The molecule has 0 saturated heterocycles. The molecule has 1 aliphatic rings. The normalized spacial score (nSPS) is 22.7. The van der Waals surface area contributed by atoms with Crippen molar-refractivity contribution < 1.29 is 28.3 Å². The van der Waals surface area contributed by atoms with Gasteiger partial charge in [-0.2, -0.15) is 0 Å². The van der Waals surface area contributed by atoms with Crippen molar-refractivity contribution in [2.75, 3.05) is 0 Å². The standard InChI is InChI=1S/C15H20O3S.C5H4O3.C2H6/c1-4-15(3)10(2)7-8-11(15)13(16)19-14(17)12-6-5-9-18-12;6-5(7)4-2-1-3-8-4;1-2/h5-6,9-11H,4,7-8H2,1-3H3;1-3H,(H,6,7);1-2H3. The van der Waals surface area contributed by atoms with Crippen LogP contribution >= 0.6 is 11.8 Å². The minimum atomic E-state index is -1.03. The second kappa shape index (κ2) is 11.7. The van der Waals surface area contributed by atoms with Gasteiger partial charge < -0.3 is 13.9 Å². The van der Waals surface area contributed by atoms with Crippen molar-refractivity contribution in [3.8, 4) is 0 Å². The SMILES string of the molecule is CC.CCC1(C)C(C)CCC1C(=O)SC(=O)c1ccco1.O=C(O)c1ccco1. The smallest absolute Gasteiger partial charge is 0.371 e. The molecule has 0 radical (unpaired) electrons. The third-order valence-corrected chi connectivity index (χ3v) is 6.38. The molecule has 2 aromatic heterocycles. The summed E-state index contributed by atoms with van der Waals surface area (Å²) < 4.78 is 9.53. The van der Waals surface area contributed by atoms with Crippen LogP contribution in [0.5, 0.6) is 0 Å². The number of hydrogen-bond donors (Lipinski definition) is 1. The Morgan fingerprint density at radius 1 is 1.10 bits per heavy atom. The maximum atomic E-state index is 12.4. The molecule has 1 N–H and O–H groups in total. The summed E-state index contributed by atoms with van der Waals surface area (Å²) in [6, 6.07) is 6.18. The van der Waals surface area contributed by atoms with Gasteiger partial charge in [0, 0.05) is 5.92 Å². The fourth-order valence-electron chi connectivity index (χ4n) is 3.41. The molecule has 0 amide bonds. The largest absolute Gasteiger partial charge is 0.475 e. The average molecular weight is 423 g/mol. The van der Waals surface area contributed by atoms with Gasteiger partial charge in [-0.1, -0.05) is 34.6 Å². The molecule has 1 saturated carbocycles. The molecule has 3 unspecified atom stereocenters. The van der Waals surface area contributed by atoms with Crippen LogP contribution in [0.25, 0.3) is 0 Å². The zero-order valence-corrected chi connectivity index (χ0v) is 18.5. The number of aromatic carboxylic acids is 1. The summed E-state index contributed by atoms with van der Waals surface area (Å²) in [6.45, 7) is 10.5. The van der Waals surface area contributed by atoms with Gasteiger partial charge in [0.25, 0.3) is 5.12 Å². The van der Waals surface area contributed by atoms with Crippen LogP contribution in [0.1, 0.15) is 75.0 Å². The lowest BCUT2D eigenvalue weighted by Crippen LogP contribution is -2.31. The third-order valence-electron chi connectivity index (χ3n) is 5.50. The number of hydrogen-bond acceptors (Lipinski definition) is 6. The zero-order valence-electron chi connectivity index (χ0n) is 17.6. The van der Waals surface area contributed by atoms with Gasteiger partial charge in [0.1, 0.15) is 0 Å². The topological polar surface area (TPSA) is 97.7 Å². The number of thioether (sulfide) groups is 1. The lowest BCUT2D eigenvalue weighted by Gasteiger charge is -2.33. The molecule has 3 atom stereocenters. The molecule has 0 aromatic carbocycles. The first-order valence-electron chi connectivity index (χ1n) is 9.86. The highest BCUT2D eigenvalue weighted by Gasteiger charge is 2.47. The maximum absolute atomic E-state index is 12.4. The predicted octanol–water partition coefficient (Wildman–Crippen LogP) is 6.15. The van der Waals surface area contributed by atoms with Gasteiger partial charge in [-0.3, -0.25) is 9.59 Å². The molecule has 2 heterocycles. The zero-order chi connectivity index (χ0) is 22.0. The second-order valence-electron chi connectivity index (χ2n) is 6.86. The summed E-state index contributed by atoms with van der Waals surface area (Å²) in [5.41, 5.74) is 0.0214. The Labute approximate surface area is 176 Å². The van der Waals surface area contributed by atoms with E-state index in [1.807, 2.05) is 13.8 Å². The first-order valence-corrected chi connectivity index (χ1v) is 10.7. The van der Waals surface area contributed by atoms with E-state index in [1.54, 1.807) is 12.1 Å². The first kappa shape index (κ1) is 24.8. The summed E-state index contributed by atoms with van der Waals surface area (Å²) in [5.74, 6) is -0.287. The number of carbonyl (C=O) groups is 3. The number of rotatable bonds is 4. The van der Waals surface area contributed by atoms with E-state index < -0.39 is 5.97 Å². The highest BCUT2D eigenvalue weighted by Crippen LogP contribution is 2.51. The fraction of sp³-hybridized carbons (Fsp3) is 0.500. The lowest BCUT2D eigenvalue weighted by molar-refractivity contribution is -0.117. The fourth-order valence-corrected chi connectivity index (χ4v) is 4.34. The summed E-state index contributed by atoms with van der Waals surface area (Å²) in [4.78, 5) is 34.2. The van der Waals surface area contributed by atoms with Crippen LogP contribution in [0.2, 0.25) is 0 Å². The van der Waals surface area contributed by atoms with Gasteiger partial charge in [0.15, 0.2) is 5.76 Å². The van der Waals surface area contributed by atoms with Gasteiger partial charge in [0.05, 0.1) is 12.5 Å². The Hall–Kier alpha value is -2.28. The molecule has 1 fully saturated rings. The monoisotopic (exact) mass is 422 g/mol. The molecule has 160 valence electrons. The van der Waals surface area contributed by atoms with Crippen LogP contribution in [0.4, 0.5) is 0 Å². The quantitative estimate of drug-likeness (QED) is 0.631. The third kappa shape index (κ3) is 6.35. The van der Waals surface area contributed by atoms with E-state index in [4.69, 9.17) is 9.52 Å². The van der Waals surface area contributed by atoms with E-state index in [0.717, 1.165) is 31.0 Å². The Kier molecular flexibility index (Phi) is 9.95. The van der Waals surface area contributed by atoms with Crippen molar-refractivity contribution in [2.24, 2.45) is 17.3 Å². The average Bonchev–Trinajstić information content (AvgIpc) is 3.47. The minimum Gasteiger partial charge on any atom is -0.475 e. The number of carbonyl (C=O) groups excluding carboxylic acids is 2. The summed E-state index contributed by atoms with van der Waals surface area (Å²) >= 11 is 0.803. The van der Waals surface area contributed by atoms with Crippen LogP contribution in [0.15, 0.2) is 45.6 Å². The highest BCUT2D eigenvalue weighted by atomic mass is 32.2. The molecule has 2 aromatic rings. The maximum Gasteiger partial charge on any atom is 0.371 e. The van der Waals surface area contributed by atoms with E-state index in [1.165, 1.54) is 24.7 Å². The van der Waals surface area contributed by atoms with E-state index in [0.29, 0.717) is 5.92 Å². The van der Waals surface area contributed by atoms with Crippen molar-refractivity contribution in [1.82, 2.24) is 0 Å².